The summed E-state index contributed by atoms with van der Waals surface area (Å²) >= 11 is 0. The summed E-state index contributed by atoms with van der Waals surface area (Å²) in [6.07, 6.45) is 4.83. The lowest BCUT2D eigenvalue weighted by Crippen LogP contribution is -2.56. The van der Waals surface area contributed by atoms with Gasteiger partial charge in [0, 0.05) is 30.1 Å². The summed E-state index contributed by atoms with van der Waals surface area (Å²) in [5, 5.41) is 27.9. The number of fused-ring (bicyclic) bond motifs is 5. The van der Waals surface area contributed by atoms with Crippen LogP contribution in [-0.2, 0) is 21.5 Å². The fourth-order valence-electron chi connectivity index (χ4n) is 8.17. The Bertz CT molecular complexity index is 1990. The SMILES string of the molecule is Cc1cccc2c1CC[C@]2(NC(=O)c1cccc(OCCCCCNCC(O)c2ccc(O)c3[nH]c(=O)ccc23)c1)C(=O)OC1CN2CCC1CC2. The van der Waals surface area contributed by atoms with Crippen molar-refractivity contribution in [3.63, 3.8) is 0 Å². The monoisotopic (exact) mass is 708 g/mol. The van der Waals surface area contributed by atoms with E-state index >= 15 is 0 Å². The first-order valence-electron chi connectivity index (χ1n) is 18.5. The number of carbonyl (C=O) groups is 2. The fourth-order valence-corrected chi connectivity index (χ4v) is 8.17. The molecule has 3 fully saturated rings. The number of carbonyl (C=O) groups excluding carboxylic acids is 2. The van der Waals surface area contributed by atoms with Crippen LogP contribution in [0.2, 0.25) is 0 Å². The van der Waals surface area contributed by atoms with Crippen LogP contribution in [0.5, 0.6) is 11.5 Å². The Labute approximate surface area is 303 Å². The number of nitrogens with zero attached hydrogens (tertiary/aromatic N) is 1. The van der Waals surface area contributed by atoms with Crippen LogP contribution in [0.3, 0.4) is 0 Å². The molecular weight excluding hydrogens is 660 g/mol. The van der Waals surface area contributed by atoms with E-state index in [1.807, 2.05) is 31.2 Å². The topological polar surface area (TPSA) is 153 Å². The molecule has 0 radical (unpaired) electrons. The van der Waals surface area contributed by atoms with Crippen molar-refractivity contribution >= 4 is 22.8 Å². The highest BCUT2D eigenvalue weighted by Gasteiger charge is 2.50. The third kappa shape index (κ3) is 7.44. The number of phenolic OH excluding ortho intramolecular Hbond substituents is 1. The number of aliphatic hydroxyl groups is 1. The first kappa shape index (κ1) is 35.7. The average molecular weight is 709 g/mol. The van der Waals surface area contributed by atoms with Gasteiger partial charge in [0.2, 0.25) is 5.56 Å². The van der Waals surface area contributed by atoms with E-state index in [9.17, 15) is 24.6 Å². The Morgan fingerprint density at radius 2 is 1.87 bits per heavy atom. The number of aromatic amines is 1. The molecule has 3 aliphatic heterocycles. The number of pyridine rings is 1. The predicted octanol–water partition coefficient (Wildman–Crippen LogP) is 4.62. The highest BCUT2D eigenvalue weighted by atomic mass is 16.5. The summed E-state index contributed by atoms with van der Waals surface area (Å²) in [4.78, 5) is 44.7. The summed E-state index contributed by atoms with van der Waals surface area (Å²) in [7, 11) is 0. The number of hydrogen-bond acceptors (Lipinski definition) is 9. The van der Waals surface area contributed by atoms with Gasteiger partial charge in [-0.05, 0) is 130 Å². The van der Waals surface area contributed by atoms with Gasteiger partial charge in [-0.25, -0.2) is 4.79 Å². The largest absolute Gasteiger partial charge is 0.506 e. The molecule has 0 spiro atoms. The molecule has 4 aromatic rings. The van der Waals surface area contributed by atoms with Crippen LogP contribution >= 0.6 is 0 Å². The second-order valence-electron chi connectivity index (χ2n) is 14.5. The van der Waals surface area contributed by atoms with Gasteiger partial charge < -0.3 is 35.3 Å². The lowest BCUT2D eigenvalue weighted by Gasteiger charge is -2.45. The number of piperidine rings is 3. The maximum Gasteiger partial charge on any atom is 0.336 e. The predicted molar refractivity (Wildman–Crippen MR) is 198 cm³/mol. The number of aliphatic hydroxyl groups excluding tert-OH is 1. The zero-order valence-electron chi connectivity index (χ0n) is 29.7. The number of nitrogens with one attached hydrogen (secondary N) is 3. The van der Waals surface area contributed by atoms with E-state index < -0.39 is 11.6 Å². The molecule has 1 aromatic heterocycles. The van der Waals surface area contributed by atoms with Crippen LogP contribution in [0, 0.1) is 12.8 Å². The van der Waals surface area contributed by atoms with Crippen LogP contribution in [0.25, 0.3) is 10.9 Å². The average Bonchev–Trinajstić information content (AvgIpc) is 3.54. The Morgan fingerprint density at radius 3 is 2.67 bits per heavy atom. The smallest absolute Gasteiger partial charge is 0.336 e. The van der Waals surface area contributed by atoms with E-state index in [0.717, 1.165) is 68.4 Å². The number of esters is 1. The molecular formula is C41H48N4O7. The fraction of sp³-hybridized carbons (Fsp3) is 0.439. The number of hydrogen-bond donors (Lipinski definition) is 5. The van der Waals surface area contributed by atoms with E-state index in [-0.39, 0.29) is 29.3 Å². The molecule has 1 aliphatic carbocycles. The minimum Gasteiger partial charge on any atom is -0.506 e. The van der Waals surface area contributed by atoms with Gasteiger partial charge in [0.1, 0.15) is 17.6 Å². The number of H-pyrrole nitrogens is 1. The Hall–Kier alpha value is -4.71. The molecule has 4 heterocycles. The van der Waals surface area contributed by atoms with Crippen molar-refractivity contribution in [2.45, 2.75) is 69.6 Å². The van der Waals surface area contributed by atoms with Crippen molar-refractivity contribution in [1.29, 1.82) is 0 Å². The number of aromatic hydroxyl groups is 1. The summed E-state index contributed by atoms with van der Waals surface area (Å²) in [6.45, 7) is 6.41. The molecule has 0 saturated carbocycles. The zero-order chi connectivity index (χ0) is 36.2. The van der Waals surface area contributed by atoms with Gasteiger partial charge in [-0.3, -0.25) is 14.5 Å². The minimum absolute atomic E-state index is 0.0378. The highest BCUT2D eigenvalue weighted by Crippen LogP contribution is 2.41. The third-order valence-corrected chi connectivity index (χ3v) is 11.1. The number of benzene rings is 3. The maximum absolute atomic E-state index is 14.1. The molecule has 3 atom stereocenters. The molecule has 52 heavy (non-hydrogen) atoms. The number of aryl methyl sites for hydroxylation is 1. The van der Waals surface area contributed by atoms with Gasteiger partial charge in [-0.1, -0.05) is 30.3 Å². The van der Waals surface area contributed by atoms with Crippen LogP contribution in [-0.4, -0.2) is 77.4 Å². The van der Waals surface area contributed by atoms with E-state index in [4.69, 9.17) is 9.47 Å². The number of ether oxygens (including phenoxy) is 2. The summed E-state index contributed by atoms with van der Waals surface area (Å²) < 4.78 is 12.3. The van der Waals surface area contributed by atoms with Crippen molar-refractivity contribution in [3.8, 4) is 11.5 Å². The normalized spacial score (nSPS) is 22.5. The minimum atomic E-state index is -1.25. The Morgan fingerprint density at radius 1 is 1.04 bits per heavy atom. The van der Waals surface area contributed by atoms with E-state index in [0.29, 0.717) is 66.2 Å². The van der Waals surface area contributed by atoms with Gasteiger partial charge in [0.25, 0.3) is 5.91 Å². The molecule has 3 saturated heterocycles. The summed E-state index contributed by atoms with van der Waals surface area (Å²) in [5.74, 6) is 0.206. The molecule has 4 aliphatic rings. The molecule has 3 aromatic carbocycles. The molecule has 5 N–H and O–H groups in total. The quantitative estimate of drug-likeness (QED) is 0.0933. The van der Waals surface area contributed by atoms with Crippen molar-refractivity contribution < 1.29 is 29.3 Å². The summed E-state index contributed by atoms with van der Waals surface area (Å²) in [5.41, 5.74) is 2.83. The molecule has 274 valence electrons. The first-order valence-corrected chi connectivity index (χ1v) is 18.5. The first-order chi connectivity index (χ1) is 25.2. The third-order valence-electron chi connectivity index (χ3n) is 11.1. The number of unbranched alkanes of at least 4 members (excludes halogenated alkanes) is 2. The number of amides is 1. The molecule has 11 nitrogen and oxygen atoms in total. The lowest BCUT2D eigenvalue weighted by atomic mass is 9.85. The lowest BCUT2D eigenvalue weighted by molar-refractivity contribution is -0.167. The van der Waals surface area contributed by atoms with Crippen LogP contribution < -0.4 is 20.9 Å². The second kappa shape index (κ2) is 15.5. The standard InChI is InChI=1S/C41H48N4O7/c1-26-7-5-10-33-30(26)15-18-41(33,40(50)52-36-25-45-20-16-27(36)17-21-45)44-39(49)28-8-6-9-29(23-28)51-22-4-2-3-19-42-24-35(47)31-11-13-34(46)38-32(31)12-14-37(48)43-38/h5-14,23,27,35-36,42,46-47H,2-4,15-22,24-25H2,1H3,(H,43,48)(H,44,49)/t35?,36?,41-/m1/s1. The van der Waals surface area contributed by atoms with E-state index in [1.165, 1.54) is 12.1 Å². The Balaban J connectivity index is 0.901. The van der Waals surface area contributed by atoms with Crippen LogP contribution in [0.4, 0.5) is 0 Å². The van der Waals surface area contributed by atoms with Crippen molar-refractivity contribution in [3.05, 3.63) is 105 Å². The Kier molecular flexibility index (Phi) is 10.6. The van der Waals surface area contributed by atoms with Crippen LogP contribution in [0.1, 0.15) is 77.2 Å². The summed E-state index contributed by atoms with van der Waals surface area (Å²) in [6, 6.07) is 19.1. The molecule has 1 amide bonds. The maximum atomic E-state index is 14.1. The molecule has 11 heteroatoms. The van der Waals surface area contributed by atoms with Gasteiger partial charge >= 0.3 is 5.97 Å². The molecule has 8 rings (SSSR count). The number of rotatable bonds is 14. The molecule has 2 bridgehead atoms. The van der Waals surface area contributed by atoms with Gasteiger partial charge in [-0.15, -0.1) is 0 Å². The molecule has 2 unspecified atom stereocenters. The van der Waals surface area contributed by atoms with Gasteiger partial charge in [0.15, 0.2) is 5.54 Å². The highest BCUT2D eigenvalue weighted by molar-refractivity contribution is 5.99. The van der Waals surface area contributed by atoms with E-state index in [2.05, 4.69) is 20.5 Å². The number of aromatic nitrogens is 1. The van der Waals surface area contributed by atoms with Crippen molar-refractivity contribution in [2.24, 2.45) is 5.92 Å². The second-order valence-corrected chi connectivity index (χ2v) is 14.5. The van der Waals surface area contributed by atoms with Gasteiger partial charge in [-0.2, -0.15) is 0 Å². The van der Waals surface area contributed by atoms with Crippen molar-refractivity contribution in [1.82, 2.24) is 20.5 Å². The van der Waals surface area contributed by atoms with Gasteiger partial charge in [0.05, 0.1) is 18.2 Å². The number of phenols is 1. The van der Waals surface area contributed by atoms with E-state index in [1.54, 1.807) is 30.3 Å². The van der Waals surface area contributed by atoms with Crippen molar-refractivity contribution in [2.75, 3.05) is 39.3 Å². The zero-order valence-corrected chi connectivity index (χ0v) is 29.7. The van der Waals surface area contributed by atoms with Crippen LogP contribution in [0.15, 0.2) is 71.5 Å².